The molecule has 0 aromatic heterocycles. The molecule has 0 aliphatic heterocycles. The van der Waals surface area contributed by atoms with E-state index in [4.69, 9.17) is 5.11 Å². The van der Waals surface area contributed by atoms with Crippen molar-refractivity contribution in [1.29, 1.82) is 0 Å². The Balaban J connectivity index is 4.50. The van der Waals surface area contributed by atoms with Gasteiger partial charge in [-0.25, -0.2) is 9.59 Å². The molecule has 0 rings (SSSR count). The van der Waals surface area contributed by atoms with E-state index in [1.54, 1.807) is 23.7 Å². The van der Waals surface area contributed by atoms with Crippen LogP contribution in [0.2, 0.25) is 0 Å². The highest BCUT2D eigenvalue weighted by Crippen LogP contribution is 2.10. The minimum absolute atomic E-state index is 0.0867. The molecule has 0 aliphatic rings. The van der Waals surface area contributed by atoms with E-state index >= 15 is 0 Å². The number of amides is 2. The zero-order valence-electron chi connectivity index (χ0n) is 12.5. The highest BCUT2D eigenvalue weighted by Gasteiger charge is 2.27. The predicted molar refractivity (Wildman–Crippen MR) is 79.6 cm³/mol. The molecule has 6 heteroatoms. The van der Waals surface area contributed by atoms with Crippen molar-refractivity contribution >= 4 is 23.8 Å². The van der Waals surface area contributed by atoms with Crippen molar-refractivity contribution in [1.82, 2.24) is 10.2 Å². The summed E-state index contributed by atoms with van der Waals surface area (Å²) in [5.41, 5.74) is 0. The monoisotopic (exact) mass is 290 g/mol. The van der Waals surface area contributed by atoms with Crippen molar-refractivity contribution in [3.8, 4) is 0 Å². The number of carboxylic acid groups (broad SMARTS) is 1. The summed E-state index contributed by atoms with van der Waals surface area (Å²) < 4.78 is 0. The molecule has 2 amide bonds. The van der Waals surface area contributed by atoms with Gasteiger partial charge in [-0.2, -0.15) is 11.8 Å². The Hall–Kier alpha value is -0.910. The molecule has 0 heterocycles. The van der Waals surface area contributed by atoms with E-state index in [2.05, 4.69) is 5.32 Å². The lowest BCUT2D eigenvalue weighted by atomic mass is 9.99. The van der Waals surface area contributed by atoms with Gasteiger partial charge in [-0.15, -0.1) is 0 Å². The summed E-state index contributed by atoms with van der Waals surface area (Å²) in [6, 6.07) is -1.05. The van der Waals surface area contributed by atoms with Crippen LogP contribution in [0.1, 0.15) is 33.6 Å². The second-order valence-electron chi connectivity index (χ2n) is 4.89. The number of nitrogens with one attached hydrogen (secondary N) is 1. The first-order valence-corrected chi connectivity index (χ1v) is 7.99. The Morgan fingerprint density at radius 2 is 1.95 bits per heavy atom. The molecule has 0 aromatic rings. The molecular formula is C13H26N2O3S. The Bertz CT molecular complexity index is 300. The van der Waals surface area contributed by atoms with Crippen molar-refractivity contribution in [2.75, 3.05) is 19.1 Å². The van der Waals surface area contributed by atoms with Crippen molar-refractivity contribution in [2.24, 2.45) is 5.92 Å². The third-order valence-electron chi connectivity index (χ3n) is 3.48. The number of carbonyl (C=O) groups is 2. The first-order chi connectivity index (χ1) is 8.84. The normalized spacial score (nSPS) is 15.4. The molecule has 0 saturated heterocycles. The number of nitrogens with zero attached hydrogens (tertiary/aromatic N) is 1. The summed E-state index contributed by atoms with van der Waals surface area (Å²) in [6.45, 7) is 5.71. The molecule has 1 unspecified atom stereocenters. The van der Waals surface area contributed by atoms with Crippen LogP contribution in [-0.2, 0) is 4.79 Å². The molecule has 0 aromatic carbocycles. The molecular weight excluding hydrogens is 264 g/mol. The summed E-state index contributed by atoms with van der Waals surface area (Å²) in [7, 11) is 1.70. The van der Waals surface area contributed by atoms with E-state index in [1.807, 2.05) is 27.0 Å². The molecule has 0 saturated carbocycles. The minimum Gasteiger partial charge on any atom is -0.480 e. The second kappa shape index (κ2) is 9.07. The van der Waals surface area contributed by atoms with Gasteiger partial charge in [0.1, 0.15) is 6.04 Å². The van der Waals surface area contributed by atoms with E-state index in [9.17, 15) is 9.59 Å². The summed E-state index contributed by atoms with van der Waals surface area (Å²) in [6.07, 6.45) is 3.63. The van der Waals surface area contributed by atoms with Crippen molar-refractivity contribution in [2.45, 2.75) is 45.7 Å². The fourth-order valence-corrected chi connectivity index (χ4v) is 2.18. The van der Waals surface area contributed by atoms with Crippen LogP contribution in [0.4, 0.5) is 4.79 Å². The average molecular weight is 290 g/mol. The number of urea groups is 1. The van der Waals surface area contributed by atoms with E-state index in [-0.39, 0.29) is 18.0 Å². The Morgan fingerprint density at radius 1 is 1.37 bits per heavy atom. The van der Waals surface area contributed by atoms with Crippen molar-refractivity contribution in [3.05, 3.63) is 0 Å². The second-order valence-corrected chi connectivity index (χ2v) is 5.88. The molecule has 0 aliphatic carbocycles. The minimum atomic E-state index is -0.979. The van der Waals surface area contributed by atoms with Gasteiger partial charge < -0.3 is 15.3 Å². The SMILES string of the molecule is CC[C@H](C)[C@H](NC(=O)N(C)C(C)CCSC)C(=O)O. The molecule has 0 bridgehead atoms. The molecule has 0 radical (unpaired) electrons. The third-order valence-corrected chi connectivity index (χ3v) is 4.12. The van der Waals surface area contributed by atoms with E-state index in [1.165, 1.54) is 0 Å². The van der Waals surface area contributed by atoms with Crippen molar-refractivity contribution in [3.63, 3.8) is 0 Å². The fraction of sp³-hybridized carbons (Fsp3) is 0.846. The van der Waals surface area contributed by atoms with Gasteiger partial charge in [-0.1, -0.05) is 20.3 Å². The number of aliphatic carboxylic acids is 1. The molecule has 0 spiro atoms. The van der Waals surface area contributed by atoms with Gasteiger partial charge in [0, 0.05) is 13.1 Å². The Morgan fingerprint density at radius 3 is 2.37 bits per heavy atom. The van der Waals surface area contributed by atoms with Crippen LogP contribution < -0.4 is 5.32 Å². The molecule has 2 N–H and O–H groups in total. The number of hydrogen-bond donors (Lipinski definition) is 2. The maximum atomic E-state index is 12.0. The average Bonchev–Trinajstić information content (AvgIpc) is 2.39. The predicted octanol–water partition coefficient (Wildman–Crippen LogP) is 2.27. The van der Waals surface area contributed by atoms with Gasteiger partial charge in [-0.05, 0) is 31.3 Å². The number of hydrogen-bond acceptors (Lipinski definition) is 3. The number of carbonyl (C=O) groups excluding carboxylic acids is 1. The van der Waals surface area contributed by atoms with Crippen LogP contribution in [0, 0.1) is 5.92 Å². The van der Waals surface area contributed by atoms with Gasteiger partial charge >= 0.3 is 12.0 Å². The summed E-state index contributed by atoms with van der Waals surface area (Å²) in [5.74, 6) is -0.0869. The molecule has 19 heavy (non-hydrogen) atoms. The quantitative estimate of drug-likeness (QED) is 0.719. The summed E-state index contributed by atoms with van der Waals surface area (Å²) in [5, 5.41) is 11.8. The Kier molecular flexibility index (Phi) is 8.63. The zero-order valence-corrected chi connectivity index (χ0v) is 13.3. The number of carboxylic acids is 1. The lowest BCUT2D eigenvalue weighted by Gasteiger charge is -2.28. The lowest BCUT2D eigenvalue weighted by Crippen LogP contribution is -2.51. The Labute approximate surface area is 120 Å². The van der Waals surface area contributed by atoms with E-state index in [0.717, 1.165) is 12.2 Å². The number of thioether (sulfide) groups is 1. The van der Waals surface area contributed by atoms with E-state index < -0.39 is 12.0 Å². The van der Waals surface area contributed by atoms with Gasteiger partial charge in [0.25, 0.3) is 0 Å². The largest absolute Gasteiger partial charge is 0.480 e. The fourth-order valence-electron chi connectivity index (χ4n) is 1.60. The number of rotatable bonds is 8. The highest BCUT2D eigenvalue weighted by molar-refractivity contribution is 7.98. The van der Waals surface area contributed by atoms with Crippen molar-refractivity contribution < 1.29 is 14.7 Å². The highest BCUT2D eigenvalue weighted by atomic mass is 32.2. The van der Waals surface area contributed by atoms with Gasteiger partial charge in [0.2, 0.25) is 0 Å². The van der Waals surface area contributed by atoms with Crippen LogP contribution in [0.5, 0.6) is 0 Å². The lowest BCUT2D eigenvalue weighted by molar-refractivity contribution is -0.140. The van der Waals surface area contributed by atoms with Crippen LogP contribution in [0.3, 0.4) is 0 Å². The van der Waals surface area contributed by atoms with Crippen LogP contribution in [-0.4, -0.2) is 53.1 Å². The topological polar surface area (TPSA) is 69.6 Å². The van der Waals surface area contributed by atoms with Crippen LogP contribution >= 0.6 is 11.8 Å². The van der Waals surface area contributed by atoms with Crippen LogP contribution in [0.15, 0.2) is 0 Å². The molecule has 5 nitrogen and oxygen atoms in total. The maximum Gasteiger partial charge on any atom is 0.326 e. The first-order valence-electron chi connectivity index (χ1n) is 6.60. The molecule has 3 atom stereocenters. The van der Waals surface area contributed by atoms with Crippen LogP contribution in [0.25, 0.3) is 0 Å². The smallest absolute Gasteiger partial charge is 0.326 e. The van der Waals surface area contributed by atoms with E-state index in [0.29, 0.717) is 6.42 Å². The summed E-state index contributed by atoms with van der Waals surface area (Å²) in [4.78, 5) is 24.8. The van der Waals surface area contributed by atoms with Gasteiger partial charge in [0.05, 0.1) is 0 Å². The van der Waals surface area contributed by atoms with Gasteiger partial charge in [-0.3, -0.25) is 0 Å². The standard InChI is InChI=1S/C13H26N2O3S/c1-6-9(2)11(12(16)17)14-13(18)15(4)10(3)7-8-19-5/h9-11H,6-8H2,1-5H3,(H,14,18)(H,16,17)/t9-,10?,11-/m0/s1. The zero-order chi connectivity index (χ0) is 15.0. The third kappa shape index (κ3) is 6.18. The van der Waals surface area contributed by atoms with Gasteiger partial charge in [0.15, 0.2) is 0 Å². The molecule has 112 valence electrons. The summed E-state index contributed by atoms with van der Waals surface area (Å²) >= 11 is 1.73. The maximum absolute atomic E-state index is 12.0. The first kappa shape index (κ1) is 18.1. The molecule has 0 fully saturated rings.